The number of carbonyl (C=O) groups is 1. The van der Waals surface area contributed by atoms with Crippen molar-refractivity contribution in [1.29, 1.82) is 0 Å². The highest BCUT2D eigenvalue weighted by Gasteiger charge is 2.19. The molecule has 35 heavy (non-hydrogen) atoms. The molecule has 0 aliphatic rings. The number of hydrogen-bond acceptors (Lipinski definition) is 6. The Bertz CT molecular complexity index is 1520. The monoisotopic (exact) mass is 485 g/mol. The minimum atomic E-state index is -0.813. The topological polar surface area (TPSA) is 90.5 Å². The van der Waals surface area contributed by atoms with Gasteiger partial charge >= 0.3 is 0 Å². The quantitative estimate of drug-likeness (QED) is 0.355. The summed E-state index contributed by atoms with van der Waals surface area (Å²) in [5, 5.41) is 9.33. The van der Waals surface area contributed by atoms with Crippen LogP contribution in [0.4, 0.5) is 5.69 Å². The van der Waals surface area contributed by atoms with E-state index in [2.05, 4.69) is 15.4 Å². The van der Waals surface area contributed by atoms with Gasteiger partial charge < -0.3 is 10.1 Å². The van der Waals surface area contributed by atoms with Gasteiger partial charge in [-0.15, -0.1) is 11.3 Å². The zero-order valence-electron chi connectivity index (χ0n) is 19.2. The molecule has 8 nitrogen and oxygen atoms in total. The molecule has 1 atom stereocenters. The Labute approximate surface area is 205 Å². The number of fused-ring (bicyclic) bond motifs is 1. The van der Waals surface area contributed by atoms with Gasteiger partial charge in [-0.1, -0.05) is 12.1 Å². The molecule has 0 aliphatic heterocycles. The molecule has 9 heteroatoms. The molecule has 0 fully saturated rings. The van der Waals surface area contributed by atoms with Gasteiger partial charge in [0.1, 0.15) is 11.8 Å². The fourth-order valence-corrected chi connectivity index (χ4v) is 4.43. The number of ether oxygens (including phenoxy) is 1. The van der Waals surface area contributed by atoms with Crippen LogP contribution >= 0.6 is 11.3 Å². The number of aromatic nitrogens is 4. The summed E-state index contributed by atoms with van der Waals surface area (Å²) in [6.45, 7) is 4.16. The lowest BCUT2D eigenvalue weighted by atomic mass is 10.1. The first-order valence-electron chi connectivity index (χ1n) is 11.2. The van der Waals surface area contributed by atoms with Gasteiger partial charge in [0.2, 0.25) is 5.91 Å². The zero-order valence-corrected chi connectivity index (χ0v) is 20.0. The van der Waals surface area contributed by atoms with Crippen molar-refractivity contribution in [3.63, 3.8) is 0 Å². The number of nitrogens with zero attached hydrogens (tertiary/aromatic N) is 4. The number of hydrogen-bond donors (Lipinski definition) is 1. The van der Waals surface area contributed by atoms with Gasteiger partial charge in [0.25, 0.3) is 5.56 Å². The van der Waals surface area contributed by atoms with Crippen molar-refractivity contribution >= 4 is 27.9 Å². The molecule has 0 saturated heterocycles. The summed E-state index contributed by atoms with van der Waals surface area (Å²) < 4.78 is 8.64. The molecule has 0 aliphatic carbocycles. The summed E-state index contributed by atoms with van der Waals surface area (Å²) in [6.07, 6.45) is 3.90. The highest BCUT2D eigenvalue weighted by atomic mass is 32.1. The van der Waals surface area contributed by atoms with E-state index in [-0.39, 0.29) is 11.5 Å². The van der Waals surface area contributed by atoms with Crippen LogP contribution in [0, 0.1) is 0 Å². The van der Waals surface area contributed by atoms with Crippen LogP contribution in [0.1, 0.15) is 19.9 Å². The molecule has 1 unspecified atom stereocenters. The van der Waals surface area contributed by atoms with Gasteiger partial charge in [-0.25, -0.2) is 9.67 Å². The number of carbonyl (C=O) groups excluding carboxylic acids is 1. The van der Waals surface area contributed by atoms with Crippen LogP contribution < -0.4 is 15.6 Å². The highest BCUT2D eigenvalue weighted by molar-refractivity contribution is 7.15. The molecule has 0 saturated carbocycles. The van der Waals surface area contributed by atoms with Crippen LogP contribution in [-0.4, -0.2) is 31.7 Å². The first-order chi connectivity index (χ1) is 17.0. The van der Waals surface area contributed by atoms with Crippen molar-refractivity contribution in [3.8, 4) is 28.3 Å². The standard InChI is InChI=1S/C26H23N5O3S/c1-3-34-21-9-7-18(8-10-21)22-11-12-24(32)31(29-22)17(2)25(33)27-20-6-4-5-19(15-20)23-16-30-13-14-35-26(30)28-23/h4-17H,3H2,1-2H3,(H,27,33). The number of thiazole rings is 1. The Hall–Kier alpha value is -4.24. The van der Waals surface area contributed by atoms with Crippen LogP contribution in [0.2, 0.25) is 0 Å². The lowest BCUT2D eigenvalue weighted by Crippen LogP contribution is -2.33. The highest BCUT2D eigenvalue weighted by Crippen LogP contribution is 2.25. The molecule has 0 bridgehead atoms. The fraction of sp³-hybridized carbons (Fsp3) is 0.154. The van der Waals surface area contributed by atoms with E-state index in [4.69, 9.17) is 4.74 Å². The third-order valence-electron chi connectivity index (χ3n) is 5.55. The number of rotatable bonds is 7. The minimum Gasteiger partial charge on any atom is -0.494 e. The van der Waals surface area contributed by atoms with Gasteiger partial charge in [-0.2, -0.15) is 5.10 Å². The van der Waals surface area contributed by atoms with Crippen LogP contribution in [-0.2, 0) is 4.79 Å². The Balaban J connectivity index is 1.35. The minimum absolute atomic E-state index is 0.341. The molecular weight excluding hydrogens is 462 g/mol. The summed E-state index contributed by atoms with van der Waals surface area (Å²) >= 11 is 1.56. The van der Waals surface area contributed by atoms with Crippen LogP contribution in [0.3, 0.4) is 0 Å². The van der Waals surface area contributed by atoms with E-state index in [9.17, 15) is 9.59 Å². The molecule has 176 valence electrons. The van der Waals surface area contributed by atoms with Crippen LogP contribution in [0.5, 0.6) is 5.75 Å². The second kappa shape index (κ2) is 9.55. The molecule has 5 aromatic rings. The van der Waals surface area contributed by atoms with Gasteiger partial charge in [0.05, 0.1) is 18.0 Å². The molecule has 5 rings (SSSR count). The smallest absolute Gasteiger partial charge is 0.267 e. The number of amides is 1. The number of nitrogens with one attached hydrogen (secondary N) is 1. The lowest BCUT2D eigenvalue weighted by molar-refractivity contribution is -0.119. The van der Waals surface area contributed by atoms with Crippen molar-refractivity contribution in [1.82, 2.24) is 19.2 Å². The number of anilines is 1. The average molecular weight is 486 g/mol. The van der Waals surface area contributed by atoms with Crippen LogP contribution in [0.15, 0.2) is 83.2 Å². The van der Waals surface area contributed by atoms with Crippen LogP contribution in [0.25, 0.3) is 27.5 Å². The van der Waals surface area contributed by atoms with E-state index in [1.165, 1.54) is 10.7 Å². The SMILES string of the molecule is CCOc1ccc(-c2ccc(=O)n(C(C)C(=O)Nc3cccc(-c4cn5ccsc5n4)c3)n2)cc1. The van der Waals surface area contributed by atoms with E-state index in [0.717, 1.165) is 27.5 Å². The van der Waals surface area contributed by atoms with Gasteiger partial charge in [-0.05, 0) is 56.3 Å². The Morgan fingerprint density at radius 2 is 1.91 bits per heavy atom. The first kappa shape index (κ1) is 22.5. The van der Waals surface area contributed by atoms with Gasteiger partial charge in [0, 0.05) is 40.7 Å². The van der Waals surface area contributed by atoms with E-state index < -0.39 is 6.04 Å². The zero-order chi connectivity index (χ0) is 24.4. The summed E-state index contributed by atoms with van der Waals surface area (Å²) in [6, 6.07) is 17.2. The van der Waals surface area contributed by atoms with Crippen molar-refractivity contribution in [3.05, 3.63) is 88.8 Å². The Morgan fingerprint density at radius 3 is 2.69 bits per heavy atom. The Morgan fingerprint density at radius 1 is 1.09 bits per heavy atom. The molecular formula is C26H23N5O3S. The van der Waals surface area contributed by atoms with Crippen molar-refractivity contribution in [2.75, 3.05) is 11.9 Å². The maximum Gasteiger partial charge on any atom is 0.267 e. The van der Waals surface area contributed by atoms with Crippen molar-refractivity contribution < 1.29 is 9.53 Å². The van der Waals surface area contributed by atoms with Crippen molar-refractivity contribution in [2.45, 2.75) is 19.9 Å². The Kier molecular flexibility index (Phi) is 6.15. The van der Waals surface area contributed by atoms with Crippen molar-refractivity contribution in [2.24, 2.45) is 0 Å². The second-order valence-corrected chi connectivity index (χ2v) is 8.80. The molecule has 2 aromatic carbocycles. The largest absolute Gasteiger partial charge is 0.494 e. The molecule has 1 N–H and O–H groups in total. The third-order valence-corrected chi connectivity index (χ3v) is 6.32. The lowest BCUT2D eigenvalue weighted by Gasteiger charge is -2.15. The molecule has 3 heterocycles. The maximum atomic E-state index is 13.0. The average Bonchev–Trinajstić information content (AvgIpc) is 3.48. The number of imidazole rings is 1. The molecule has 0 radical (unpaired) electrons. The predicted molar refractivity (Wildman–Crippen MR) is 137 cm³/mol. The third kappa shape index (κ3) is 4.71. The van der Waals surface area contributed by atoms with E-state index in [1.54, 1.807) is 30.4 Å². The van der Waals surface area contributed by atoms with E-state index in [1.807, 2.05) is 71.6 Å². The first-order valence-corrected chi connectivity index (χ1v) is 12.1. The summed E-state index contributed by atoms with van der Waals surface area (Å²) in [5.41, 5.74) is 3.39. The molecule has 3 aromatic heterocycles. The molecule has 1 amide bonds. The fourth-order valence-electron chi connectivity index (χ4n) is 3.73. The van der Waals surface area contributed by atoms with Gasteiger partial charge in [-0.3, -0.25) is 14.0 Å². The summed E-state index contributed by atoms with van der Waals surface area (Å²) in [7, 11) is 0. The maximum absolute atomic E-state index is 13.0. The van der Waals surface area contributed by atoms with E-state index in [0.29, 0.717) is 18.0 Å². The van der Waals surface area contributed by atoms with E-state index >= 15 is 0 Å². The summed E-state index contributed by atoms with van der Waals surface area (Å²) in [5.74, 6) is 0.418. The summed E-state index contributed by atoms with van der Waals surface area (Å²) in [4.78, 5) is 31.1. The molecule has 0 spiro atoms. The predicted octanol–water partition coefficient (Wildman–Crippen LogP) is 4.88. The van der Waals surface area contributed by atoms with Gasteiger partial charge in [0.15, 0.2) is 4.96 Å². The number of benzene rings is 2. The second-order valence-electron chi connectivity index (χ2n) is 7.92. The normalized spacial score (nSPS) is 11.9.